The Balaban J connectivity index is 1.71. The molecule has 0 aliphatic rings. The molecule has 0 aromatic heterocycles. The number of amides is 4. The quantitative estimate of drug-likeness (QED) is 0.109. The highest BCUT2D eigenvalue weighted by Crippen LogP contribution is 2.12. The average molecular weight is 718 g/mol. The minimum atomic E-state index is -1.15. The number of aliphatic hydroxyl groups excluding tert-OH is 1. The molecule has 0 aliphatic heterocycles. The van der Waals surface area contributed by atoms with Crippen LogP contribution < -0.4 is 21.4 Å². The fourth-order valence-electron chi connectivity index (χ4n) is 5.46. The summed E-state index contributed by atoms with van der Waals surface area (Å²) in [5.41, 5.74) is 5.39. The predicted octanol–water partition coefficient (Wildman–Crippen LogP) is 4.97. The molecule has 12 nitrogen and oxygen atoms in total. The summed E-state index contributed by atoms with van der Waals surface area (Å²) < 4.78 is 10.7. The van der Waals surface area contributed by atoms with E-state index in [4.69, 9.17) is 9.47 Å². The molecule has 12 heteroatoms. The maximum absolute atomic E-state index is 13.7. The van der Waals surface area contributed by atoms with Crippen LogP contribution in [0.3, 0.4) is 0 Å². The summed E-state index contributed by atoms with van der Waals surface area (Å²) in [6.45, 7) is 11.6. The minimum Gasteiger partial charge on any atom is -0.445 e. The van der Waals surface area contributed by atoms with Crippen molar-refractivity contribution in [2.45, 2.75) is 85.4 Å². The van der Waals surface area contributed by atoms with E-state index in [1.54, 1.807) is 18.9 Å². The van der Waals surface area contributed by atoms with Crippen molar-refractivity contribution in [1.29, 1.82) is 0 Å². The number of hydrogen-bond donors (Lipinski definition) is 5. The molecule has 0 saturated heterocycles. The highest BCUT2D eigenvalue weighted by Gasteiger charge is 2.32. The number of rotatable bonds is 19. The van der Waals surface area contributed by atoms with Gasteiger partial charge >= 0.3 is 12.2 Å². The number of hydrogen-bond acceptors (Lipinski definition) is 8. The van der Waals surface area contributed by atoms with Crippen LogP contribution in [0.15, 0.2) is 91.0 Å². The zero-order valence-electron chi connectivity index (χ0n) is 31.1. The van der Waals surface area contributed by atoms with E-state index in [1.807, 2.05) is 119 Å². The van der Waals surface area contributed by atoms with Crippen molar-refractivity contribution in [1.82, 2.24) is 26.4 Å². The zero-order chi connectivity index (χ0) is 38.0. The molecular formula is C40H55N5O7. The Bertz CT molecular complexity index is 1520. The SMILES string of the molecule is CC(C)CN(C[C@H](O)[C@H](Cc1ccccc1)NC(=O)[C@@H](NC(=O)OCc1ccccc1)C(C)C)NC(=O)[C@@H](NC(=O)OCc1ccccc1)C(C)C. The van der Waals surface area contributed by atoms with Crippen molar-refractivity contribution in [3.05, 3.63) is 108 Å². The number of carbonyl (C=O) groups excluding carboxylic acids is 4. The van der Waals surface area contributed by atoms with Crippen LogP contribution in [-0.2, 0) is 38.7 Å². The average Bonchev–Trinajstić information content (AvgIpc) is 3.11. The van der Waals surface area contributed by atoms with E-state index in [0.29, 0.717) is 6.54 Å². The summed E-state index contributed by atoms with van der Waals surface area (Å²) in [6.07, 6.45) is -2.33. The monoisotopic (exact) mass is 717 g/mol. The van der Waals surface area contributed by atoms with E-state index in [0.717, 1.165) is 16.7 Å². The normalized spacial score (nSPS) is 13.6. The summed E-state index contributed by atoms with van der Waals surface area (Å²) in [6, 6.07) is 25.2. The van der Waals surface area contributed by atoms with Gasteiger partial charge in [-0.1, -0.05) is 133 Å². The highest BCUT2D eigenvalue weighted by atomic mass is 16.6. The molecule has 52 heavy (non-hydrogen) atoms. The van der Waals surface area contributed by atoms with Gasteiger partial charge in [0.25, 0.3) is 5.91 Å². The largest absolute Gasteiger partial charge is 0.445 e. The molecule has 3 rings (SSSR count). The first-order valence-electron chi connectivity index (χ1n) is 17.8. The third-order valence-corrected chi connectivity index (χ3v) is 8.22. The van der Waals surface area contributed by atoms with Crippen molar-refractivity contribution in [2.24, 2.45) is 17.8 Å². The molecule has 0 fully saturated rings. The topological polar surface area (TPSA) is 158 Å². The number of hydrazine groups is 1. The first-order chi connectivity index (χ1) is 24.8. The van der Waals surface area contributed by atoms with Crippen molar-refractivity contribution in [2.75, 3.05) is 13.1 Å². The first-order valence-corrected chi connectivity index (χ1v) is 17.8. The van der Waals surface area contributed by atoms with Gasteiger partial charge in [-0.05, 0) is 40.9 Å². The van der Waals surface area contributed by atoms with Crippen LogP contribution in [0, 0.1) is 17.8 Å². The Hall–Kier alpha value is -4.94. The van der Waals surface area contributed by atoms with Crippen LogP contribution >= 0.6 is 0 Å². The van der Waals surface area contributed by atoms with E-state index >= 15 is 0 Å². The molecule has 0 heterocycles. The van der Waals surface area contributed by atoms with Gasteiger partial charge in [0.15, 0.2) is 0 Å². The fourth-order valence-corrected chi connectivity index (χ4v) is 5.46. The van der Waals surface area contributed by atoms with E-state index in [2.05, 4.69) is 21.4 Å². The number of ether oxygens (including phenoxy) is 2. The molecule has 3 aromatic carbocycles. The number of benzene rings is 3. The third kappa shape index (κ3) is 14.7. The highest BCUT2D eigenvalue weighted by molar-refractivity contribution is 5.86. The van der Waals surface area contributed by atoms with Gasteiger partial charge in [0.2, 0.25) is 5.91 Å². The Labute approximate surface area is 307 Å². The lowest BCUT2D eigenvalue weighted by Gasteiger charge is -2.33. The van der Waals surface area contributed by atoms with Crippen LogP contribution in [0.1, 0.15) is 58.2 Å². The number of nitrogens with zero attached hydrogens (tertiary/aromatic N) is 1. The van der Waals surface area contributed by atoms with Crippen LogP contribution in [0.25, 0.3) is 0 Å². The van der Waals surface area contributed by atoms with Crippen molar-refractivity contribution < 1.29 is 33.8 Å². The van der Waals surface area contributed by atoms with Crippen molar-refractivity contribution >= 4 is 24.0 Å². The van der Waals surface area contributed by atoms with Crippen LogP contribution in [0.2, 0.25) is 0 Å². The maximum Gasteiger partial charge on any atom is 0.408 e. The lowest BCUT2D eigenvalue weighted by atomic mass is 9.98. The van der Waals surface area contributed by atoms with Gasteiger partial charge < -0.3 is 30.5 Å². The van der Waals surface area contributed by atoms with Gasteiger partial charge in [0, 0.05) is 13.1 Å². The van der Waals surface area contributed by atoms with Gasteiger partial charge in [-0.15, -0.1) is 0 Å². The Morgan fingerprint density at radius 3 is 1.44 bits per heavy atom. The molecule has 0 radical (unpaired) electrons. The summed E-state index contributed by atoms with van der Waals surface area (Å²) in [5, 5.41) is 21.6. The Morgan fingerprint density at radius 1 is 0.596 bits per heavy atom. The molecule has 5 N–H and O–H groups in total. The van der Waals surface area contributed by atoms with Crippen molar-refractivity contribution in [3.63, 3.8) is 0 Å². The molecule has 0 bridgehead atoms. The van der Waals surface area contributed by atoms with E-state index in [9.17, 15) is 24.3 Å². The number of aliphatic hydroxyl groups is 1. The number of alkyl carbamates (subject to hydrolysis) is 2. The molecule has 0 unspecified atom stereocenters. The van der Waals surface area contributed by atoms with E-state index in [-0.39, 0.29) is 43.9 Å². The second-order valence-electron chi connectivity index (χ2n) is 14.0. The molecule has 282 valence electrons. The van der Waals surface area contributed by atoms with E-state index < -0.39 is 48.2 Å². The lowest BCUT2D eigenvalue weighted by Crippen LogP contribution is -2.59. The molecule has 3 aromatic rings. The van der Waals surface area contributed by atoms with Crippen LogP contribution in [-0.4, -0.2) is 71.4 Å². The third-order valence-electron chi connectivity index (χ3n) is 8.22. The molecule has 0 aliphatic carbocycles. The molecule has 0 saturated carbocycles. The smallest absolute Gasteiger partial charge is 0.408 e. The predicted molar refractivity (Wildman–Crippen MR) is 199 cm³/mol. The Morgan fingerprint density at radius 2 is 1.02 bits per heavy atom. The standard InChI is InChI=1S/C40H55N5O7/c1-27(2)23-45(44-38(48)36(29(5)6)43-40(50)52-26-32-20-14-9-15-21-32)24-34(46)33(22-30-16-10-7-11-17-30)41-37(47)35(28(3)4)42-39(49)51-25-31-18-12-8-13-19-31/h7-21,27-29,33-36,46H,22-26H2,1-6H3,(H,41,47)(H,42,49)(H,43,50)(H,44,48)/t33-,34-,35-,36-/m0/s1. The number of carbonyl (C=O) groups is 4. The maximum atomic E-state index is 13.7. The van der Waals surface area contributed by atoms with Gasteiger partial charge in [0.1, 0.15) is 25.3 Å². The molecule has 4 amide bonds. The summed E-state index contributed by atoms with van der Waals surface area (Å²) in [5.74, 6) is -1.44. The van der Waals surface area contributed by atoms with Crippen LogP contribution in [0.4, 0.5) is 9.59 Å². The zero-order valence-corrected chi connectivity index (χ0v) is 31.1. The Kier molecular flexibility index (Phi) is 17.1. The van der Waals surface area contributed by atoms with Gasteiger partial charge in [-0.2, -0.15) is 0 Å². The van der Waals surface area contributed by atoms with E-state index in [1.165, 1.54) is 0 Å². The molecular weight excluding hydrogens is 662 g/mol. The van der Waals surface area contributed by atoms with Gasteiger partial charge in [-0.3, -0.25) is 15.0 Å². The van der Waals surface area contributed by atoms with Crippen molar-refractivity contribution in [3.8, 4) is 0 Å². The summed E-state index contributed by atoms with van der Waals surface area (Å²) >= 11 is 0. The van der Waals surface area contributed by atoms with Gasteiger partial charge in [-0.25, -0.2) is 14.6 Å². The van der Waals surface area contributed by atoms with Crippen LogP contribution in [0.5, 0.6) is 0 Å². The lowest BCUT2D eigenvalue weighted by molar-refractivity contribution is -0.131. The molecule has 4 atom stereocenters. The summed E-state index contributed by atoms with van der Waals surface area (Å²) in [7, 11) is 0. The minimum absolute atomic E-state index is 0.0378. The number of nitrogens with one attached hydrogen (secondary N) is 4. The fraction of sp³-hybridized carbons (Fsp3) is 0.450. The summed E-state index contributed by atoms with van der Waals surface area (Å²) in [4.78, 5) is 52.7. The van der Waals surface area contributed by atoms with Gasteiger partial charge in [0.05, 0.1) is 12.1 Å². The second kappa shape index (κ2) is 21.4. The second-order valence-corrected chi connectivity index (χ2v) is 14.0. The molecule has 0 spiro atoms. The first kappa shape index (κ1) is 41.5.